The predicted molar refractivity (Wildman–Crippen MR) is 58.8 cm³/mol. The van der Waals surface area contributed by atoms with Crippen molar-refractivity contribution in [2.24, 2.45) is 5.92 Å². The van der Waals surface area contributed by atoms with E-state index in [-0.39, 0.29) is 0 Å². The number of fused-ring (bicyclic) bond motifs is 1. The van der Waals surface area contributed by atoms with Crippen molar-refractivity contribution in [3.63, 3.8) is 0 Å². The molecule has 3 nitrogen and oxygen atoms in total. The van der Waals surface area contributed by atoms with Gasteiger partial charge >= 0.3 is 0 Å². The Balaban J connectivity index is 2.46. The van der Waals surface area contributed by atoms with Gasteiger partial charge in [-0.05, 0) is 5.92 Å². The topological polar surface area (TPSA) is 38.7 Å². The summed E-state index contributed by atoms with van der Waals surface area (Å²) < 4.78 is 0. The lowest BCUT2D eigenvalue weighted by Crippen LogP contribution is -1.92. The number of hydrogen-bond acceptors (Lipinski definition) is 4. The van der Waals surface area contributed by atoms with Gasteiger partial charge in [0.05, 0.1) is 5.01 Å². The molecule has 0 radical (unpaired) electrons. The van der Waals surface area contributed by atoms with Crippen LogP contribution >= 0.6 is 22.9 Å². The molecular formula is C9H10ClN3S. The maximum Gasteiger partial charge on any atom is 0.159 e. The number of rotatable bonds is 2. The molecule has 5 heteroatoms. The predicted octanol–water partition coefficient (Wildman–Crippen LogP) is 2.94. The highest BCUT2D eigenvalue weighted by molar-refractivity contribution is 7.18. The van der Waals surface area contributed by atoms with E-state index in [1.807, 2.05) is 0 Å². The minimum Gasteiger partial charge on any atom is -0.236 e. The van der Waals surface area contributed by atoms with Crippen LogP contribution in [0.1, 0.15) is 18.9 Å². The summed E-state index contributed by atoms with van der Waals surface area (Å²) >= 11 is 7.49. The Bertz CT molecular complexity index is 452. The van der Waals surface area contributed by atoms with Gasteiger partial charge in [-0.3, -0.25) is 0 Å². The molecule has 0 fully saturated rings. The Morgan fingerprint density at radius 1 is 1.43 bits per heavy atom. The van der Waals surface area contributed by atoms with Gasteiger partial charge in [-0.2, -0.15) is 0 Å². The number of thiazole rings is 1. The largest absolute Gasteiger partial charge is 0.236 e. The molecule has 0 amide bonds. The molecule has 2 heterocycles. The summed E-state index contributed by atoms with van der Waals surface area (Å²) in [7, 11) is 0. The molecule has 0 aromatic carbocycles. The Kier molecular flexibility index (Phi) is 2.65. The van der Waals surface area contributed by atoms with Gasteiger partial charge in [-0.1, -0.05) is 36.8 Å². The van der Waals surface area contributed by atoms with Crippen LogP contribution in [0.2, 0.25) is 5.15 Å². The first kappa shape index (κ1) is 9.80. The van der Waals surface area contributed by atoms with E-state index in [9.17, 15) is 0 Å². The lowest BCUT2D eigenvalue weighted by molar-refractivity contribution is 0.645. The highest BCUT2D eigenvalue weighted by Gasteiger charge is 2.09. The Morgan fingerprint density at radius 2 is 2.21 bits per heavy atom. The first-order chi connectivity index (χ1) is 6.66. The Morgan fingerprint density at radius 3 is 2.86 bits per heavy atom. The monoisotopic (exact) mass is 227 g/mol. The molecule has 0 atom stereocenters. The van der Waals surface area contributed by atoms with E-state index in [0.717, 1.165) is 21.8 Å². The van der Waals surface area contributed by atoms with Crippen molar-refractivity contribution in [1.29, 1.82) is 0 Å². The van der Waals surface area contributed by atoms with Crippen molar-refractivity contribution < 1.29 is 0 Å². The van der Waals surface area contributed by atoms with Gasteiger partial charge in [-0.25, -0.2) is 15.0 Å². The molecule has 0 saturated heterocycles. The third kappa shape index (κ3) is 1.86. The SMILES string of the molecule is CC(C)Cc1nc2c(Cl)ncnc2s1. The van der Waals surface area contributed by atoms with Crippen LogP contribution in [0.25, 0.3) is 10.3 Å². The lowest BCUT2D eigenvalue weighted by Gasteiger charge is -1.97. The van der Waals surface area contributed by atoms with Crippen molar-refractivity contribution in [2.75, 3.05) is 0 Å². The first-order valence-electron chi connectivity index (χ1n) is 4.42. The second-order valence-electron chi connectivity index (χ2n) is 3.52. The van der Waals surface area contributed by atoms with Crippen molar-refractivity contribution in [3.8, 4) is 0 Å². The van der Waals surface area contributed by atoms with Crippen molar-refractivity contribution in [1.82, 2.24) is 15.0 Å². The summed E-state index contributed by atoms with van der Waals surface area (Å²) in [5.41, 5.74) is 0.731. The Labute approximate surface area is 91.2 Å². The van der Waals surface area contributed by atoms with Crippen LogP contribution in [0, 0.1) is 5.92 Å². The molecule has 2 aromatic rings. The number of nitrogens with zero attached hydrogens (tertiary/aromatic N) is 3. The normalized spacial score (nSPS) is 11.4. The maximum absolute atomic E-state index is 5.90. The molecular weight excluding hydrogens is 218 g/mol. The van der Waals surface area contributed by atoms with Crippen molar-refractivity contribution in [3.05, 3.63) is 16.5 Å². The minimum atomic E-state index is 0.446. The molecule has 0 aliphatic rings. The summed E-state index contributed by atoms with van der Waals surface area (Å²) in [5.74, 6) is 0.599. The first-order valence-corrected chi connectivity index (χ1v) is 5.62. The number of hydrogen-bond donors (Lipinski definition) is 0. The average molecular weight is 228 g/mol. The van der Waals surface area contributed by atoms with Gasteiger partial charge in [0.1, 0.15) is 16.7 Å². The maximum atomic E-state index is 5.90. The molecule has 14 heavy (non-hydrogen) atoms. The van der Waals surface area contributed by atoms with Gasteiger partial charge in [0.15, 0.2) is 5.15 Å². The molecule has 2 aromatic heterocycles. The van der Waals surface area contributed by atoms with E-state index in [0.29, 0.717) is 11.1 Å². The minimum absolute atomic E-state index is 0.446. The van der Waals surface area contributed by atoms with Gasteiger partial charge in [-0.15, -0.1) is 0 Å². The fourth-order valence-electron chi connectivity index (χ4n) is 1.21. The molecule has 0 N–H and O–H groups in total. The Hall–Kier alpha value is -0.740. The zero-order valence-electron chi connectivity index (χ0n) is 7.99. The van der Waals surface area contributed by atoms with Crippen LogP contribution < -0.4 is 0 Å². The van der Waals surface area contributed by atoms with E-state index >= 15 is 0 Å². The van der Waals surface area contributed by atoms with Gasteiger partial charge in [0.25, 0.3) is 0 Å². The lowest BCUT2D eigenvalue weighted by atomic mass is 10.1. The molecule has 0 bridgehead atoms. The smallest absolute Gasteiger partial charge is 0.159 e. The quantitative estimate of drug-likeness (QED) is 0.741. The van der Waals surface area contributed by atoms with E-state index in [2.05, 4.69) is 28.8 Å². The average Bonchev–Trinajstić information content (AvgIpc) is 2.47. The fraction of sp³-hybridized carbons (Fsp3) is 0.444. The van der Waals surface area contributed by atoms with Gasteiger partial charge in [0, 0.05) is 6.42 Å². The molecule has 0 aliphatic heterocycles. The van der Waals surface area contributed by atoms with E-state index in [4.69, 9.17) is 11.6 Å². The summed E-state index contributed by atoms with van der Waals surface area (Å²) in [4.78, 5) is 13.3. The van der Waals surface area contributed by atoms with E-state index in [1.54, 1.807) is 11.3 Å². The standard InChI is InChI=1S/C9H10ClN3S/c1-5(2)3-6-13-7-8(10)11-4-12-9(7)14-6/h4-5H,3H2,1-2H3. The molecule has 0 aliphatic carbocycles. The van der Waals surface area contributed by atoms with Gasteiger partial charge in [0.2, 0.25) is 0 Å². The number of halogens is 1. The van der Waals surface area contributed by atoms with Crippen LogP contribution in [0.3, 0.4) is 0 Å². The second kappa shape index (κ2) is 3.79. The zero-order chi connectivity index (χ0) is 10.1. The van der Waals surface area contributed by atoms with Crippen LogP contribution in [0.15, 0.2) is 6.33 Å². The third-order valence-electron chi connectivity index (χ3n) is 1.78. The molecule has 0 saturated carbocycles. The highest BCUT2D eigenvalue weighted by Crippen LogP contribution is 2.25. The van der Waals surface area contributed by atoms with Crippen molar-refractivity contribution >= 4 is 33.3 Å². The molecule has 0 unspecified atom stereocenters. The highest BCUT2D eigenvalue weighted by atomic mass is 35.5. The summed E-state index contributed by atoms with van der Waals surface area (Å²) in [6.45, 7) is 4.33. The third-order valence-corrected chi connectivity index (χ3v) is 3.04. The summed E-state index contributed by atoms with van der Waals surface area (Å²) in [6.07, 6.45) is 2.44. The van der Waals surface area contributed by atoms with E-state index in [1.165, 1.54) is 6.33 Å². The van der Waals surface area contributed by atoms with Crippen LogP contribution in [0.5, 0.6) is 0 Å². The van der Waals surface area contributed by atoms with Crippen molar-refractivity contribution in [2.45, 2.75) is 20.3 Å². The molecule has 0 spiro atoms. The van der Waals surface area contributed by atoms with E-state index < -0.39 is 0 Å². The summed E-state index contributed by atoms with van der Waals surface area (Å²) in [6, 6.07) is 0. The van der Waals surface area contributed by atoms with Crippen LogP contribution in [-0.4, -0.2) is 15.0 Å². The zero-order valence-corrected chi connectivity index (χ0v) is 9.56. The summed E-state index contributed by atoms with van der Waals surface area (Å²) in [5, 5.41) is 1.53. The molecule has 74 valence electrons. The van der Waals surface area contributed by atoms with Crippen LogP contribution in [-0.2, 0) is 6.42 Å². The molecule has 2 rings (SSSR count). The fourth-order valence-corrected chi connectivity index (χ4v) is 2.55. The van der Waals surface area contributed by atoms with Crippen LogP contribution in [0.4, 0.5) is 0 Å². The van der Waals surface area contributed by atoms with Gasteiger partial charge < -0.3 is 0 Å². The second-order valence-corrected chi connectivity index (χ2v) is 4.94. The number of aromatic nitrogens is 3.